The average molecular weight is 247 g/mol. The fourth-order valence-electron chi connectivity index (χ4n) is 2.33. The summed E-state index contributed by atoms with van der Waals surface area (Å²) < 4.78 is 5.38. The van der Waals surface area contributed by atoms with E-state index in [0.29, 0.717) is 0 Å². The van der Waals surface area contributed by atoms with Crippen molar-refractivity contribution in [3.05, 3.63) is 36.1 Å². The lowest BCUT2D eigenvalue weighted by Gasteiger charge is -2.23. The van der Waals surface area contributed by atoms with Gasteiger partial charge in [-0.1, -0.05) is 32.4 Å². The highest BCUT2D eigenvalue weighted by Crippen LogP contribution is 2.24. The Morgan fingerprint density at radius 2 is 2.11 bits per heavy atom. The molecule has 1 heterocycles. The largest absolute Gasteiger partial charge is 0.464 e. The van der Waals surface area contributed by atoms with Crippen LogP contribution in [-0.2, 0) is 0 Å². The molecule has 1 aromatic heterocycles. The van der Waals surface area contributed by atoms with Crippen molar-refractivity contribution in [1.29, 1.82) is 0 Å². The summed E-state index contributed by atoms with van der Waals surface area (Å²) in [5.74, 6) is 0. The Morgan fingerprint density at radius 1 is 1.28 bits per heavy atom. The van der Waals surface area contributed by atoms with E-state index in [1.165, 1.54) is 0 Å². The molecule has 0 spiro atoms. The number of aliphatic hydroxyl groups is 1. The fraction of sp³-hybridized carbons (Fsp3) is 0.467. The summed E-state index contributed by atoms with van der Waals surface area (Å²) in [5.41, 5.74) is 1.75. The Hall–Kier alpha value is -1.32. The zero-order valence-corrected chi connectivity index (χ0v) is 11.0. The summed E-state index contributed by atoms with van der Waals surface area (Å²) >= 11 is 0. The molecular weight excluding hydrogens is 226 g/mol. The van der Waals surface area contributed by atoms with E-state index in [2.05, 4.69) is 19.2 Å². The number of likely N-dealkylation sites (N-methyl/N-ethyl adjacent to an activating group) is 1. The average Bonchev–Trinajstić information content (AvgIpc) is 2.84. The molecule has 2 aromatic rings. The van der Waals surface area contributed by atoms with Crippen LogP contribution < -0.4 is 5.32 Å². The number of aliphatic hydroxyl groups excluding tert-OH is 1. The third-order valence-electron chi connectivity index (χ3n) is 3.27. The molecule has 0 bridgehead atoms. The van der Waals surface area contributed by atoms with E-state index in [1.807, 2.05) is 24.3 Å². The van der Waals surface area contributed by atoms with Crippen molar-refractivity contribution >= 4 is 11.0 Å². The van der Waals surface area contributed by atoms with Crippen LogP contribution in [0.15, 0.2) is 34.9 Å². The minimum Gasteiger partial charge on any atom is -0.464 e. The van der Waals surface area contributed by atoms with E-state index >= 15 is 0 Å². The molecule has 3 nitrogen and oxygen atoms in total. The van der Waals surface area contributed by atoms with E-state index in [1.54, 1.807) is 6.26 Å². The Morgan fingerprint density at radius 3 is 2.83 bits per heavy atom. The maximum atomic E-state index is 10.4. The topological polar surface area (TPSA) is 45.4 Å². The van der Waals surface area contributed by atoms with Gasteiger partial charge in [-0.25, -0.2) is 0 Å². The second-order valence-corrected chi connectivity index (χ2v) is 4.62. The molecule has 1 aromatic carbocycles. The summed E-state index contributed by atoms with van der Waals surface area (Å²) in [5, 5.41) is 14.8. The summed E-state index contributed by atoms with van der Waals surface area (Å²) in [6.45, 7) is 5.06. The molecule has 0 saturated heterocycles. The Balaban J connectivity index is 2.21. The van der Waals surface area contributed by atoms with Gasteiger partial charge < -0.3 is 14.8 Å². The van der Waals surface area contributed by atoms with E-state index in [-0.39, 0.29) is 6.04 Å². The number of nitrogens with one attached hydrogen (secondary N) is 1. The van der Waals surface area contributed by atoms with Gasteiger partial charge in [0.05, 0.1) is 12.4 Å². The van der Waals surface area contributed by atoms with Gasteiger partial charge >= 0.3 is 0 Å². The van der Waals surface area contributed by atoms with Crippen LogP contribution in [0.1, 0.15) is 38.4 Å². The van der Waals surface area contributed by atoms with Crippen molar-refractivity contribution < 1.29 is 9.52 Å². The molecule has 0 amide bonds. The first kappa shape index (κ1) is 13.1. The van der Waals surface area contributed by atoms with Crippen LogP contribution in [0.5, 0.6) is 0 Å². The molecule has 2 atom stereocenters. The lowest BCUT2D eigenvalue weighted by Crippen LogP contribution is -2.34. The van der Waals surface area contributed by atoms with Crippen molar-refractivity contribution in [2.24, 2.45) is 0 Å². The van der Waals surface area contributed by atoms with Crippen LogP contribution in [0.3, 0.4) is 0 Å². The van der Waals surface area contributed by atoms with E-state index in [4.69, 9.17) is 4.42 Å². The van der Waals surface area contributed by atoms with Gasteiger partial charge in [0.15, 0.2) is 0 Å². The third-order valence-corrected chi connectivity index (χ3v) is 3.27. The summed E-state index contributed by atoms with van der Waals surface area (Å²) in [6, 6.07) is 7.93. The highest BCUT2D eigenvalue weighted by atomic mass is 16.3. The quantitative estimate of drug-likeness (QED) is 0.823. The predicted octanol–water partition coefficient (Wildman–Crippen LogP) is 3.24. The zero-order valence-electron chi connectivity index (χ0n) is 11.0. The molecule has 0 aliphatic carbocycles. The molecule has 18 heavy (non-hydrogen) atoms. The van der Waals surface area contributed by atoms with Crippen molar-refractivity contribution in [3.8, 4) is 0 Å². The van der Waals surface area contributed by atoms with Gasteiger partial charge in [-0.2, -0.15) is 0 Å². The smallest absolute Gasteiger partial charge is 0.134 e. The SMILES string of the molecule is CCCC(NCC)C(O)c1ccc2ccoc2c1. The van der Waals surface area contributed by atoms with E-state index in [9.17, 15) is 5.11 Å². The number of hydrogen-bond acceptors (Lipinski definition) is 3. The standard InChI is InChI=1S/C15H21NO2/c1-3-5-13(16-4-2)15(17)12-7-6-11-8-9-18-14(11)10-12/h6-10,13,15-17H,3-5H2,1-2H3. The third kappa shape index (κ3) is 2.74. The molecule has 2 unspecified atom stereocenters. The predicted molar refractivity (Wildman–Crippen MR) is 73.5 cm³/mol. The maximum absolute atomic E-state index is 10.4. The molecule has 0 radical (unpaired) electrons. The van der Waals surface area contributed by atoms with Crippen LogP contribution in [0.25, 0.3) is 11.0 Å². The minimum atomic E-state index is -0.487. The number of rotatable bonds is 6. The van der Waals surface area contributed by atoms with Crippen LogP contribution in [-0.4, -0.2) is 17.7 Å². The monoisotopic (exact) mass is 247 g/mol. The lowest BCUT2D eigenvalue weighted by molar-refractivity contribution is 0.124. The van der Waals surface area contributed by atoms with Crippen LogP contribution in [0.2, 0.25) is 0 Å². The maximum Gasteiger partial charge on any atom is 0.134 e. The number of benzene rings is 1. The second kappa shape index (κ2) is 6.03. The fourth-order valence-corrected chi connectivity index (χ4v) is 2.33. The molecule has 0 fully saturated rings. The van der Waals surface area contributed by atoms with E-state index in [0.717, 1.165) is 35.9 Å². The van der Waals surface area contributed by atoms with Gasteiger partial charge in [0.1, 0.15) is 5.58 Å². The number of hydrogen-bond donors (Lipinski definition) is 2. The van der Waals surface area contributed by atoms with Gasteiger partial charge in [-0.3, -0.25) is 0 Å². The highest BCUT2D eigenvalue weighted by molar-refractivity contribution is 5.77. The van der Waals surface area contributed by atoms with Gasteiger partial charge in [0.2, 0.25) is 0 Å². The van der Waals surface area contributed by atoms with Crippen LogP contribution in [0, 0.1) is 0 Å². The molecular formula is C15H21NO2. The van der Waals surface area contributed by atoms with Crippen LogP contribution in [0.4, 0.5) is 0 Å². The Kier molecular flexibility index (Phi) is 4.39. The minimum absolute atomic E-state index is 0.104. The lowest BCUT2D eigenvalue weighted by atomic mass is 9.98. The number of furan rings is 1. The Labute approximate surface area is 108 Å². The first-order valence-corrected chi connectivity index (χ1v) is 6.64. The van der Waals surface area contributed by atoms with E-state index < -0.39 is 6.10 Å². The molecule has 2 rings (SSSR count). The van der Waals surface area contributed by atoms with Crippen LogP contribution >= 0.6 is 0 Å². The van der Waals surface area contributed by atoms with Crippen molar-refractivity contribution in [2.75, 3.05) is 6.54 Å². The van der Waals surface area contributed by atoms with Gasteiger partial charge in [-0.15, -0.1) is 0 Å². The van der Waals surface area contributed by atoms with Gasteiger partial charge in [0.25, 0.3) is 0 Å². The normalized spacial score (nSPS) is 14.8. The summed E-state index contributed by atoms with van der Waals surface area (Å²) in [4.78, 5) is 0. The molecule has 3 heteroatoms. The molecule has 98 valence electrons. The molecule has 0 aliphatic rings. The first-order chi connectivity index (χ1) is 8.76. The zero-order chi connectivity index (χ0) is 13.0. The second-order valence-electron chi connectivity index (χ2n) is 4.62. The van der Waals surface area contributed by atoms with Gasteiger partial charge in [-0.05, 0) is 30.7 Å². The Bertz CT molecular complexity index is 486. The summed E-state index contributed by atoms with van der Waals surface area (Å²) in [7, 11) is 0. The highest BCUT2D eigenvalue weighted by Gasteiger charge is 2.19. The van der Waals surface area contributed by atoms with Crippen molar-refractivity contribution in [1.82, 2.24) is 5.32 Å². The van der Waals surface area contributed by atoms with Crippen molar-refractivity contribution in [3.63, 3.8) is 0 Å². The first-order valence-electron chi connectivity index (χ1n) is 6.64. The van der Waals surface area contributed by atoms with Crippen molar-refractivity contribution in [2.45, 2.75) is 38.8 Å². The van der Waals surface area contributed by atoms with Gasteiger partial charge in [0, 0.05) is 11.4 Å². The summed E-state index contributed by atoms with van der Waals surface area (Å²) in [6.07, 6.45) is 3.21. The molecule has 0 aliphatic heterocycles. The number of fused-ring (bicyclic) bond motifs is 1. The molecule has 2 N–H and O–H groups in total. The molecule has 0 saturated carbocycles.